The zero-order valence-electron chi connectivity index (χ0n) is 11.4. The number of nitrogens with zero attached hydrogens (tertiary/aromatic N) is 2. The molecule has 2 N–H and O–H groups in total. The van der Waals surface area contributed by atoms with Gasteiger partial charge in [-0.3, -0.25) is 4.79 Å². The van der Waals surface area contributed by atoms with Gasteiger partial charge in [0.05, 0.1) is 11.4 Å². The van der Waals surface area contributed by atoms with E-state index in [-0.39, 0.29) is 11.9 Å². The molecule has 19 heavy (non-hydrogen) atoms. The fraction of sp³-hybridized carbons (Fsp3) is 0.533. The van der Waals surface area contributed by atoms with Gasteiger partial charge >= 0.3 is 0 Å². The van der Waals surface area contributed by atoms with Crippen LogP contribution in [0.25, 0.3) is 0 Å². The minimum absolute atomic E-state index is 0.0410. The highest BCUT2D eigenvalue weighted by Gasteiger charge is 2.32. The zero-order chi connectivity index (χ0) is 13.4. The topological polar surface area (TPSA) is 49.6 Å². The number of rotatable bonds is 3. The summed E-state index contributed by atoms with van der Waals surface area (Å²) in [6.45, 7) is 1.63. The van der Waals surface area contributed by atoms with Crippen molar-refractivity contribution in [3.63, 3.8) is 0 Å². The lowest BCUT2D eigenvalue weighted by Crippen LogP contribution is -2.44. The fourth-order valence-corrected chi connectivity index (χ4v) is 2.77. The lowest BCUT2D eigenvalue weighted by molar-refractivity contribution is -0.119. The minimum Gasteiger partial charge on any atom is -0.371 e. The number of carbonyl (C=O) groups is 1. The molecule has 0 radical (unpaired) electrons. The molecule has 4 heteroatoms. The highest BCUT2D eigenvalue weighted by molar-refractivity contribution is 5.98. The van der Waals surface area contributed by atoms with Crippen LogP contribution in [0, 0.1) is 5.92 Å². The Morgan fingerprint density at radius 1 is 1.32 bits per heavy atom. The molecule has 102 valence electrons. The van der Waals surface area contributed by atoms with E-state index in [1.165, 1.54) is 12.8 Å². The molecule has 3 rings (SSSR count). The monoisotopic (exact) mass is 259 g/mol. The summed E-state index contributed by atoms with van der Waals surface area (Å²) >= 11 is 0. The largest absolute Gasteiger partial charge is 0.371 e. The van der Waals surface area contributed by atoms with Gasteiger partial charge in [-0.05, 0) is 30.9 Å². The average molecular weight is 259 g/mol. The second kappa shape index (κ2) is 4.85. The summed E-state index contributed by atoms with van der Waals surface area (Å²) in [7, 11) is 2.07. The van der Waals surface area contributed by atoms with Crippen LogP contribution in [0.15, 0.2) is 24.3 Å². The molecule has 1 saturated carbocycles. The molecule has 0 bridgehead atoms. The number of anilines is 2. The summed E-state index contributed by atoms with van der Waals surface area (Å²) in [6.07, 6.45) is 2.85. The maximum Gasteiger partial charge on any atom is 0.228 e. The molecule has 2 aliphatic rings. The van der Waals surface area contributed by atoms with E-state index in [0.29, 0.717) is 12.3 Å². The quantitative estimate of drug-likeness (QED) is 0.897. The molecular weight excluding hydrogens is 238 g/mol. The van der Waals surface area contributed by atoms with E-state index < -0.39 is 0 Å². The third-order valence-electron chi connectivity index (χ3n) is 4.18. The van der Waals surface area contributed by atoms with E-state index in [2.05, 4.69) is 18.0 Å². The van der Waals surface area contributed by atoms with Crippen molar-refractivity contribution in [3.8, 4) is 0 Å². The Morgan fingerprint density at radius 3 is 2.68 bits per heavy atom. The lowest BCUT2D eigenvalue weighted by Gasteiger charge is -2.36. The maximum absolute atomic E-state index is 12.4. The van der Waals surface area contributed by atoms with Crippen molar-refractivity contribution in [1.29, 1.82) is 0 Å². The Hall–Kier alpha value is -1.55. The molecule has 1 aliphatic carbocycles. The van der Waals surface area contributed by atoms with Crippen molar-refractivity contribution < 1.29 is 4.79 Å². The average Bonchev–Trinajstić information content (AvgIpc) is 3.23. The fourth-order valence-electron chi connectivity index (χ4n) is 2.77. The normalized spacial score (nSPS) is 20.1. The molecule has 1 aromatic carbocycles. The third-order valence-corrected chi connectivity index (χ3v) is 4.18. The maximum atomic E-state index is 12.4. The first-order valence-electron chi connectivity index (χ1n) is 7.03. The van der Waals surface area contributed by atoms with Gasteiger partial charge < -0.3 is 15.5 Å². The van der Waals surface area contributed by atoms with E-state index in [0.717, 1.165) is 24.5 Å². The molecule has 0 aromatic heterocycles. The van der Waals surface area contributed by atoms with Crippen molar-refractivity contribution in [2.24, 2.45) is 11.7 Å². The van der Waals surface area contributed by atoms with Gasteiger partial charge in [-0.25, -0.2) is 0 Å². The highest BCUT2D eigenvalue weighted by Crippen LogP contribution is 2.35. The van der Waals surface area contributed by atoms with Gasteiger partial charge in [-0.2, -0.15) is 0 Å². The van der Waals surface area contributed by atoms with Crippen LogP contribution < -0.4 is 15.5 Å². The SMILES string of the molecule is CN1CCN(C(=O)CC(N)C2CC2)c2ccccc21. The number of hydrogen-bond donors (Lipinski definition) is 1. The summed E-state index contributed by atoms with van der Waals surface area (Å²) in [5.74, 6) is 0.742. The number of likely N-dealkylation sites (N-methyl/N-ethyl adjacent to an activating group) is 1. The minimum atomic E-state index is 0.0410. The van der Waals surface area contributed by atoms with Crippen LogP contribution in [0.4, 0.5) is 11.4 Å². The van der Waals surface area contributed by atoms with Crippen LogP contribution in [-0.2, 0) is 4.79 Å². The molecule has 1 unspecified atom stereocenters. The molecule has 0 saturated heterocycles. The van der Waals surface area contributed by atoms with Crippen LogP contribution in [0.5, 0.6) is 0 Å². The number of hydrogen-bond acceptors (Lipinski definition) is 3. The first-order chi connectivity index (χ1) is 9.16. The first-order valence-corrected chi connectivity index (χ1v) is 7.03. The predicted molar refractivity (Wildman–Crippen MR) is 77.4 cm³/mol. The van der Waals surface area contributed by atoms with Crippen molar-refractivity contribution in [3.05, 3.63) is 24.3 Å². The summed E-state index contributed by atoms with van der Waals surface area (Å²) in [4.78, 5) is 16.5. The number of para-hydroxylation sites is 2. The predicted octanol–water partition coefficient (Wildman–Crippen LogP) is 1.60. The number of nitrogens with two attached hydrogens (primary N) is 1. The Labute approximate surface area is 114 Å². The van der Waals surface area contributed by atoms with Crippen molar-refractivity contribution in [1.82, 2.24) is 0 Å². The van der Waals surface area contributed by atoms with Gasteiger partial charge in [0.15, 0.2) is 0 Å². The van der Waals surface area contributed by atoms with E-state index in [1.54, 1.807) is 0 Å². The van der Waals surface area contributed by atoms with Crippen LogP contribution in [0.3, 0.4) is 0 Å². The molecule has 4 nitrogen and oxygen atoms in total. The Balaban J connectivity index is 1.77. The third kappa shape index (κ3) is 2.45. The number of carbonyl (C=O) groups excluding carboxylic acids is 1. The summed E-state index contributed by atoms with van der Waals surface area (Å²) in [5, 5.41) is 0. The Morgan fingerprint density at radius 2 is 2.00 bits per heavy atom. The van der Waals surface area contributed by atoms with E-state index >= 15 is 0 Å². The van der Waals surface area contributed by atoms with Crippen molar-refractivity contribution in [2.75, 3.05) is 29.9 Å². The van der Waals surface area contributed by atoms with E-state index in [4.69, 9.17) is 5.73 Å². The van der Waals surface area contributed by atoms with Crippen LogP contribution in [-0.4, -0.2) is 32.1 Å². The standard InChI is InChI=1S/C15H21N3O/c1-17-8-9-18(14-5-3-2-4-13(14)17)15(19)10-12(16)11-6-7-11/h2-5,11-12H,6-10,16H2,1H3. The van der Waals surface area contributed by atoms with Gasteiger partial charge in [0.1, 0.15) is 0 Å². The number of benzene rings is 1. The Bertz CT molecular complexity index is 484. The molecular formula is C15H21N3O. The molecule has 1 aliphatic heterocycles. The van der Waals surface area contributed by atoms with Gasteiger partial charge in [0.2, 0.25) is 5.91 Å². The highest BCUT2D eigenvalue weighted by atomic mass is 16.2. The van der Waals surface area contributed by atoms with Gasteiger partial charge in [0, 0.05) is 32.6 Å². The van der Waals surface area contributed by atoms with Gasteiger partial charge in [-0.1, -0.05) is 12.1 Å². The van der Waals surface area contributed by atoms with Gasteiger partial charge in [-0.15, -0.1) is 0 Å². The second-order valence-corrected chi connectivity index (χ2v) is 5.66. The molecule has 0 spiro atoms. The molecule has 1 atom stereocenters. The zero-order valence-corrected chi connectivity index (χ0v) is 11.4. The summed E-state index contributed by atoms with van der Waals surface area (Å²) in [6, 6.07) is 8.12. The van der Waals surface area contributed by atoms with Crippen molar-refractivity contribution >= 4 is 17.3 Å². The number of fused-ring (bicyclic) bond motifs is 1. The second-order valence-electron chi connectivity index (χ2n) is 5.66. The van der Waals surface area contributed by atoms with E-state index in [9.17, 15) is 4.79 Å². The Kier molecular flexibility index (Phi) is 3.19. The van der Waals surface area contributed by atoms with Crippen molar-refractivity contribution in [2.45, 2.75) is 25.3 Å². The van der Waals surface area contributed by atoms with Crippen LogP contribution in [0.1, 0.15) is 19.3 Å². The summed E-state index contributed by atoms with van der Waals surface area (Å²) in [5.41, 5.74) is 8.22. The van der Waals surface area contributed by atoms with Gasteiger partial charge in [0.25, 0.3) is 0 Å². The number of amides is 1. The smallest absolute Gasteiger partial charge is 0.228 e. The van der Waals surface area contributed by atoms with Crippen LogP contribution in [0.2, 0.25) is 0 Å². The molecule has 1 fully saturated rings. The van der Waals surface area contributed by atoms with E-state index in [1.807, 2.05) is 23.1 Å². The molecule has 1 heterocycles. The van der Waals surface area contributed by atoms with Crippen LogP contribution >= 0.6 is 0 Å². The lowest BCUT2D eigenvalue weighted by atomic mass is 10.1. The molecule has 1 aromatic rings. The molecule has 1 amide bonds. The summed E-state index contributed by atoms with van der Waals surface area (Å²) < 4.78 is 0. The first kappa shape index (κ1) is 12.5.